The third kappa shape index (κ3) is 4.67. The Balaban J connectivity index is 1.59. The number of alkyl halides is 1. The summed E-state index contributed by atoms with van der Waals surface area (Å²) in [5.41, 5.74) is 3.18. The summed E-state index contributed by atoms with van der Waals surface area (Å²) < 4.78 is 39.8. The van der Waals surface area contributed by atoms with Crippen LogP contribution in [0.25, 0.3) is 11.1 Å². The highest BCUT2D eigenvalue weighted by Gasteiger charge is 2.49. The number of rotatable bonds is 6. The zero-order chi connectivity index (χ0) is 20.6. The Bertz CT molecular complexity index is 996. The minimum Gasteiger partial charge on any atom is -0.337 e. The van der Waals surface area contributed by atoms with Crippen LogP contribution in [0.1, 0.15) is 18.4 Å². The second kappa shape index (κ2) is 7.88. The van der Waals surface area contributed by atoms with E-state index >= 15 is 0 Å². The predicted octanol–water partition coefficient (Wildman–Crippen LogP) is 2.77. The first-order chi connectivity index (χ1) is 13.8. The van der Waals surface area contributed by atoms with Gasteiger partial charge in [0.1, 0.15) is 6.17 Å². The molecule has 1 saturated carbocycles. The molecule has 0 aromatic heterocycles. The van der Waals surface area contributed by atoms with Crippen LogP contribution in [0.5, 0.6) is 0 Å². The summed E-state index contributed by atoms with van der Waals surface area (Å²) in [6.45, 7) is 0.443. The third-order valence-corrected chi connectivity index (χ3v) is 6.43. The van der Waals surface area contributed by atoms with E-state index in [1.807, 2.05) is 48.5 Å². The summed E-state index contributed by atoms with van der Waals surface area (Å²) in [5.74, 6) is -0.760. The second-order valence-electron chi connectivity index (χ2n) is 8.01. The monoisotopic (exact) mass is 416 g/mol. The van der Waals surface area contributed by atoms with Crippen molar-refractivity contribution in [2.75, 3.05) is 12.8 Å². The molecular weight excluding hydrogens is 391 g/mol. The van der Waals surface area contributed by atoms with Gasteiger partial charge in [-0.2, -0.15) is 0 Å². The molecule has 1 N–H and O–H groups in total. The van der Waals surface area contributed by atoms with Gasteiger partial charge in [-0.1, -0.05) is 54.6 Å². The van der Waals surface area contributed by atoms with E-state index in [2.05, 4.69) is 10.8 Å². The van der Waals surface area contributed by atoms with Gasteiger partial charge in [0.25, 0.3) is 0 Å². The van der Waals surface area contributed by atoms with Crippen molar-refractivity contribution in [3.63, 3.8) is 0 Å². The average Bonchev–Trinajstić information content (AvgIpc) is 3.31. The Morgan fingerprint density at radius 3 is 2.48 bits per heavy atom. The molecule has 0 radical (unpaired) electrons. The van der Waals surface area contributed by atoms with Crippen LogP contribution in [0.3, 0.4) is 0 Å². The molecule has 154 valence electrons. The van der Waals surface area contributed by atoms with Crippen molar-refractivity contribution in [2.45, 2.75) is 37.5 Å². The maximum atomic E-state index is 13.5. The molecule has 4 unspecified atom stereocenters. The highest BCUT2D eigenvalue weighted by atomic mass is 32.2. The number of carbonyl (C=O) groups is 1. The fraction of sp³-hybridized carbons (Fsp3) is 0.409. The van der Waals surface area contributed by atoms with Gasteiger partial charge < -0.3 is 4.90 Å². The smallest absolute Gasteiger partial charge is 0.229 e. The lowest BCUT2D eigenvalue weighted by Gasteiger charge is -2.29. The maximum Gasteiger partial charge on any atom is 0.229 e. The van der Waals surface area contributed by atoms with Crippen molar-refractivity contribution in [1.29, 1.82) is 0 Å². The summed E-state index contributed by atoms with van der Waals surface area (Å²) in [4.78, 5) is 14.4. The predicted molar refractivity (Wildman–Crippen MR) is 110 cm³/mol. The van der Waals surface area contributed by atoms with E-state index in [-0.39, 0.29) is 24.4 Å². The quantitative estimate of drug-likeness (QED) is 0.788. The van der Waals surface area contributed by atoms with E-state index < -0.39 is 22.1 Å². The van der Waals surface area contributed by atoms with E-state index in [9.17, 15) is 17.6 Å². The molecule has 2 aromatic rings. The Morgan fingerprint density at radius 1 is 1.14 bits per heavy atom. The van der Waals surface area contributed by atoms with Crippen molar-refractivity contribution < 1.29 is 17.6 Å². The average molecular weight is 417 g/mol. The van der Waals surface area contributed by atoms with Crippen LogP contribution in [0.2, 0.25) is 0 Å². The fourth-order valence-corrected chi connectivity index (χ4v) is 5.00. The summed E-state index contributed by atoms with van der Waals surface area (Å²) in [6, 6.07) is 17.4. The van der Waals surface area contributed by atoms with Crippen molar-refractivity contribution in [2.24, 2.45) is 5.92 Å². The molecule has 1 amide bonds. The lowest BCUT2D eigenvalue weighted by molar-refractivity contribution is -0.133. The number of nitrogens with one attached hydrogen (secondary N) is 1. The molecule has 2 aliphatic rings. The van der Waals surface area contributed by atoms with Crippen LogP contribution in [-0.2, 0) is 21.2 Å². The highest BCUT2D eigenvalue weighted by molar-refractivity contribution is 7.88. The van der Waals surface area contributed by atoms with Gasteiger partial charge in [-0.15, -0.1) is 0 Å². The first kappa shape index (κ1) is 20.0. The Hall–Kier alpha value is -2.25. The van der Waals surface area contributed by atoms with Crippen LogP contribution in [0, 0.1) is 5.92 Å². The topological polar surface area (TPSA) is 66.5 Å². The highest BCUT2D eigenvalue weighted by Crippen LogP contribution is 2.38. The molecule has 4 rings (SSSR count). The number of sulfonamides is 1. The zero-order valence-corrected chi connectivity index (χ0v) is 17.1. The van der Waals surface area contributed by atoms with Crippen LogP contribution in [-0.4, -0.2) is 50.3 Å². The standard InChI is InChI=1S/C22H25FN2O3S/c1-29(27,28)24-20-10-11-25(22(26)18-14-19(18)23)21(20)13-15-6-5-9-17(12-15)16-7-3-2-4-8-16/h2-9,12,18-21,24H,10-11,13-14H2,1H3. The van der Waals surface area contributed by atoms with Crippen molar-refractivity contribution >= 4 is 15.9 Å². The van der Waals surface area contributed by atoms with Gasteiger partial charge in [0.2, 0.25) is 15.9 Å². The number of nitrogens with zero attached hydrogens (tertiary/aromatic N) is 1. The zero-order valence-electron chi connectivity index (χ0n) is 16.3. The minimum atomic E-state index is -3.41. The molecular formula is C22H25FN2O3S. The molecule has 2 aromatic carbocycles. The van der Waals surface area contributed by atoms with Crippen LogP contribution >= 0.6 is 0 Å². The first-order valence-corrected chi connectivity index (χ1v) is 11.8. The number of carbonyl (C=O) groups excluding carboxylic acids is 1. The second-order valence-corrected chi connectivity index (χ2v) is 9.79. The largest absolute Gasteiger partial charge is 0.337 e. The number of hydrogen-bond donors (Lipinski definition) is 1. The molecule has 5 nitrogen and oxygen atoms in total. The van der Waals surface area contributed by atoms with Gasteiger partial charge in [-0.05, 0) is 36.0 Å². The third-order valence-electron chi connectivity index (χ3n) is 5.70. The molecule has 1 aliphatic heterocycles. The Morgan fingerprint density at radius 2 is 1.83 bits per heavy atom. The molecule has 2 fully saturated rings. The van der Waals surface area contributed by atoms with E-state index in [1.165, 1.54) is 0 Å². The van der Waals surface area contributed by atoms with Gasteiger partial charge in [0.05, 0.1) is 18.2 Å². The van der Waals surface area contributed by atoms with Crippen LogP contribution in [0.4, 0.5) is 4.39 Å². The van der Waals surface area contributed by atoms with Crippen LogP contribution < -0.4 is 4.72 Å². The van der Waals surface area contributed by atoms with Gasteiger partial charge in [0, 0.05) is 12.6 Å². The van der Waals surface area contributed by atoms with Gasteiger partial charge >= 0.3 is 0 Å². The molecule has 7 heteroatoms. The normalized spacial score (nSPS) is 26.5. The molecule has 1 heterocycles. The van der Waals surface area contributed by atoms with Gasteiger partial charge in [-0.25, -0.2) is 17.5 Å². The van der Waals surface area contributed by atoms with Gasteiger partial charge in [0.15, 0.2) is 0 Å². The van der Waals surface area contributed by atoms with Crippen molar-refractivity contribution in [3.8, 4) is 11.1 Å². The lowest BCUT2D eigenvalue weighted by atomic mass is 9.97. The summed E-state index contributed by atoms with van der Waals surface area (Å²) in [6.07, 6.45) is 1.39. The van der Waals surface area contributed by atoms with E-state index in [1.54, 1.807) is 4.90 Å². The number of halogens is 1. The lowest BCUT2D eigenvalue weighted by Crippen LogP contribution is -2.48. The number of hydrogen-bond acceptors (Lipinski definition) is 3. The molecule has 29 heavy (non-hydrogen) atoms. The van der Waals surface area contributed by atoms with Gasteiger partial charge in [-0.3, -0.25) is 4.79 Å². The summed E-state index contributed by atoms with van der Waals surface area (Å²) in [5, 5.41) is 0. The fourth-order valence-electron chi connectivity index (χ4n) is 4.17. The first-order valence-electron chi connectivity index (χ1n) is 9.88. The molecule has 0 bridgehead atoms. The number of benzene rings is 2. The molecule has 1 aliphatic carbocycles. The Labute approximate surface area is 171 Å². The molecule has 4 atom stereocenters. The van der Waals surface area contributed by atoms with Crippen molar-refractivity contribution in [1.82, 2.24) is 9.62 Å². The number of likely N-dealkylation sites (tertiary alicyclic amines) is 1. The minimum absolute atomic E-state index is 0.195. The van der Waals surface area contributed by atoms with E-state index in [0.717, 1.165) is 22.9 Å². The molecule has 0 spiro atoms. The number of amides is 1. The summed E-state index contributed by atoms with van der Waals surface area (Å²) >= 11 is 0. The SMILES string of the molecule is CS(=O)(=O)NC1CCN(C(=O)C2CC2F)C1Cc1cccc(-c2ccccc2)c1. The Kier molecular flexibility index (Phi) is 5.44. The maximum absolute atomic E-state index is 13.5. The summed E-state index contributed by atoms with van der Waals surface area (Å²) in [7, 11) is -3.41. The van der Waals surface area contributed by atoms with Crippen molar-refractivity contribution in [3.05, 3.63) is 60.2 Å². The molecule has 1 saturated heterocycles. The van der Waals surface area contributed by atoms with Crippen LogP contribution in [0.15, 0.2) is 54.6 Å². The van der Waals surface area contributed by atoms with E-state index in [4.69, 9.17) is 0 Å². The van der Waals surface area contributed by atoms with E-state index in [0.29, 0.717) is 19.4 Å².